The molecule has 0 aliphatic heterocycles. The number of ether oxygens (including phenoxy) is 3. The predicted octanol–water partition coefficient (Wildman–Crippen LogP) is 3.48. The molecule has 0 radical (unpaired) electrons. The lowest BCUT2D eigenvalue weighted by Crippen LogP contribution is -2.43. The zero-order chi connectivity index (χ0) is 16.2. The number of hydrogen-bond acceptors (Lipinski definition) is 5. The average molecular weight is 361 g/mol. The lowest BCUT2D eigenvalue weighted by molar-refractivity contribution is 0.121. The number of nitrogens with zero attached hydrogens (tertiary/aromatic N) is 2. The summed E-state index contributed by atoms with van der Waals surface area (Å²) in [7, 11) is 2.94. The molecular weight excluding hydrogens is 340 g/mol. The summed E-state index contributed by atoms with van der Waals surface area (Å²) in [5.41, 5.74) is 0. The summed E-state index contributed by atoms with van der Waals surface area (Å²) in [6.07, 6.45) is 1.05. The number of amides is 1. The smallest absolute Gasteiger partial charge is 0.415 e. The SMILES string of the molecule is COc1ncc(Br)c(OC(=O)N(C(C)C)C(C)C)c1OC. The molecule has 0 N–H and O–H groups in total. The molecule has 7 heteroatoms. The molecule has 0 unspecified atom stereocenters. The third-order valence-electron chi connectivity index (χ3n) is 2.82. The lowest BCUT2D eigenvalue weighted by Gasteiger charge is -2.29. The zero-order valence-corrected chi connectivity index (χ0v) is 14.7. The first-order valence-corrected chi connectivity index (χ1v) is 7.39. The van der Waals surface area contributed by atoms with Gasteiger partial charge in [0, 0.05) is 18.3 Å². The molecule has 21 heavy (non-hydrogen) atoms. The van der Waals surface area contributed by atoms with E-state index in [0.717, 1.165) is 0 Å². The summed E-state index contributed by atoms with van der Waals surface area (Å²) in [6.45, 7) is 7.72. The second kappa shape index (κ2) is 7.49. The summed E-state index contributed by atoms with van der Waals surface area (Å²) in [6, 6.07) is 0.0389. The van der Waals surface area contributed by atoms with Crippen LogP contribution >= 0.6 is 15.9 Å². The van der Waals surface area contributed by atoms with Crippen molar-refractivity contribution in [3.8, 4) is 17.4 Å². The van der Waals surface area contributed by atoms with Crippen molar-refractivity contribution in [1.29, 1.82) is 0 Å². The van der Waals surface area contributed by atoms with Crippen molar-refractivity contribution < 1.29 is 19.0 Å². The maximum atomic E-state index is 12.4. The van der Waals surface area contributed by atoms with Crippen LogP contribution in [0.2, 0.25) is 0 Å². The van der Waals surface area contributed by atoms with Crippen molar-refractivity contribution >= 4 is 22.0 Å². The van der Waals surface area contributed by atoms with Crippen LogP contribution in [0.5, 0.6) is 17.4 Å². The summed E-state index contributed by atoms with van der Waals surface area (Å²) in [4.78, 5) is 18.1. The van der Waals surface area contributed by atoms with E-state index in [1.165, 1.54) is 20.4 Å². The number of halogens is 1. The first kappa shape index (κ1) is 17.6. The molecule has 0 aromatic carbocycles. The molecule has 0 atom stereocenters. The molecule has 1 heterocycles. The Morgan fingerprint density at radius 1 is 1.14 bits per heavy atom. The van der Waals surface area contributed by atoms with Gasteiger partial charge < -0.3 is 19.1 Å². The molecule has 0 bridgehead atoms. The molecule has 0 fully saturated rings. The van der Waals surface area contributed by atoms with Crippen LogP contribution in [0.4, 0.5) is 4.79 Å². The molecule has 0 aliphatic rings. The minimum Gasteiger partial charge on any atom is -0.489 e. The molecule has 1 aromatic heterocycles. The summed E-state index contributed by atoms with van der Waals surface area (Å²) >= 11 is 3.31. The highest BCUT2D eigenvalue weighted by atomic mass is 79.9. The van der Waals surface area contributed by atoms with E-state index in [9.17, 15) is 4.79 Å². The largest absolute Gasteiger partial charge is 0.489 e. The average Bonchev–Trinajstić information content (AvgIpc) is 2.39. The Kier molecular flexibility index (Phi) is 6.26. The molecular formula is C14H21BrN2O4. The number of carbonyl (C=O) groups excluding carboxylic acids is 1. The summed E-state index contributed by atoms with van der Waals surface area (Å²) in [5.74, 6) is 0.775. The Morgan fingerprint density at radius 3 is 2.14 bits per heavy atom. The van der Waals surface area contributed by atoms with Crippen molar-refractivity contribution in [2.45, 2.75) is 39.8 Å². The molecule has 1 amide bonds. The molecule has 0 spiro atoms. The van der Waals surface area contributed by atoms with Crippen LogP contribution < -0.4 is 14.2 Å². The summed E-state index contributed by atoms with van der Waals surface area (Å²) < 4.78 is 16.3. The van der Waals surface area contributed by atoms with E-state index in [2.05, 4.69) is 20.9 Å². The molecule has 118 valence electrons. The third kappa shape index (κ3) is 4.00. The molecule has 1 aromatic rings. The van der Waals surface area contributed by atoms with Crippen molar-refractivity contribution in [2.75, 3.05) is 14.2 Å². The Morgan fingerprint density at radius 2 is 1.71 bits per heavy atom. The van der Waals surface area contributed by atoms with Gasteiger partial charge in [0.2, 0.25) is 5.75 Å². The topological polar surface area (TPSA) is 60.9 Å². The molecule has 0 aliphatic carbocycles. The molecule has 6 nitrogen and oxygen atoms in total. The van der Waals surface area contributed by atoms with Crippen LogP contribution in [0.3, 0.4) is 0 Å². The Labute approximate surface area is 133 Å². The monoisotopic (exact) mass is 360 g/mol. The van der Waals surface area contributed by atoms with Gasteiger partial charge in [-0.1, -0.05) is 0 Å². The second-order valence-corrected chi connectivity index (χ2v) is 5.79. The minimum absolute atomic E-state index is 0.0194. The number of hydrogen-bond donors (Lipinski definition) is 0. The van der Waals surface area contributed by atoms with E-state index in [1.807, 2.05) is 27.7 Å². The van der Waals surface area contributed by atoms with Gasteiger partial charge in [0.15, 0.2) is 5.75 Å². The van der Waals surface area contributed by atoms with Gasteiger partial charge in [0.05, 0.1) is 18.7 Å². The maximum absolute atomic E-state index is 12.4. The highest BCUT2D eigenvalue weighted by molar-refractivity contribution is 9.10. The molecule has 0 saturated carbocycles. The highest BCUT2D eigenvalue weighted by Crippen LogP contribution is 2.41. The van der Waals surface area contributed by atoms with Gasteiger partial charge in [-0.3, -0.25) is 0 Å². The Bertz CT molecular complexity index is 498. The van der Waals surface area contributed by atoms with Gasteiger partial charge >= 0.3 is 6.09 Å². The van der Waals surface area contributed by atoms with Crippen molar-refractivity contribution in [3.05, 3.63) is 10.7 Å². The van der Waals surface area contributed by atoms with E-state index < -0.39 is 6.09 Å². The third-order valence-corrected chi connectivity index (χ3v) is 3.39. The van der Waals surface area contributed by atoms with Gasteiger partial charge in [-0.05, 0) is 43.6 Å². The van der Waals surface area contributed by atoms with E-state index >= 15 is 0 Å². The van der Waals surface area contributed by atoms with Gasteiger partial charge in [0.25, 0.3) is 5.88 Å². The normalized spacial score (nSPS) is 10.7. The van der Waals surface area contributed by atoms with E-state index in [-0.39, 0.29) is 29.5 Å². The van der Waals surface area contributed by atoms with Gasteiger partial charge in [-0.25, -0.2) is 9.78 Å². The fraction of sp³-hybridized carbons (Fsp3) is 0.571. The number of carbonyl (C=O) groups is 1. The standard InChI is InChI=1S/C14H21BrN2O4/c1-8(2)17(9(3)4)14(18)21-11-10(15)7-16-13(20-6)12(11)19-5/h7-9H,1-6H3. The Balaban J connectivity index is 3.15. The number of pyridine rings is 1. The fourth-order valence-corrected chi connectivity index (χ4v) is 2.38. The molecule has 1 rings (SSSR count). The summed E-state index contributed by atoms with van der Waals surface area (Å²) in [5, 5.41) is 0. The highest BCUT2D eigenvalue weighted by Gasteiger charge is 2.26. The van der Waals surface area contributed by atoms with Crippen molar-refractivity contribution in [3.63, 3.8) is 0 Å². The first-order chi connectivity index (χ1) is 9.83. The van der Waals surface area contributed by atoms with E-state index in [4.69, 9.17) is 14.2 Å². The fourth-order valence-electron chi connectivity index (χ4n) is 2.02. The van der Waals surface area contributed by atoms with Gasteiger partial charge in [-0.15, -0.1) is 0 Å². The quantitative estimate of drug-likeness (QED) is 0.804. The van der Waals surface area contributed by atoms with Gasteiger partial charge in [-0.2, -0.15) is 0 Å². The minimum atomic E-state index is -0.452. The second-order valence-electron chi connectivity index (χ2n) is 4.94. The van der Waals surface area contributed by atoms with Crippen LogP contribution in [-0.4, -0.2) is 42.3 Å². The maximum Gasteiger partial charge on any atom is 0.415 e. The molecule has 0 saturated heterocycles. The number of rotatable bonds is 5. The van der Waals surface area contributed by atoms with E-state index in [0.29, 0.717) is 4.47 Å². The van der Waals surface area contributed by atoms with Crippen LogP contribution in [-0.2, 0) is 0 Å². The van der Waals surface area contributed by atoms with Gasteiger partial charge in [0.1, 0.15) is 0 Å². The van der Waals surface area contributed by atoms with Crippen molar-refractivity contribution in [2.24, 2.45) is 0 Å². The number of methoxy groups -OCH3 is 2. The van der Waals surface area contributed by atoms with Crippen LogP contribution in [0.1, 0.15) is 27.7 Å². The van der Waals surface area contributed by atoms with Crippen LogP contribution in [0.25, 0.3) is 0 Å². The first-order valence-electron chi connectivity index (χ1n) is 6.60. The predicted molar refractivity (Wildman–Crippen MR) is 83.2 cm³/mol. The van der Waals surface area contributed by atoms with Crippen molar-refractivity contribution in [1.82, 2.24) is 9.88 Å². The Hall–Kier alpha value is -1.50. The lowest BCUT2D eigenvalue weighted by atomic mass is 10.2. The zero-order valence-electron chi connectivity index (χ0n) is 13.1. The van der Waals surface area contributed by atoms with E-state index in [1.54, 1.807) is 4.90 Å². The van der Waals surface area contributed by atoms with Crippen LogP contribution in [0.15, 0.2) is 10.7 Å². The number of aromatic nitrogens is 1. The van der Waals surface area contributed by atoms with Crippen LogP contribution in [0, 0.1) is 0 Å².